The molecule has 1 aromatic carbocycles. The van der Waals surface area contributed by atoms with E-state index in [0.29, 0.717) is 24.9 Å². The maximum absolute atomic E-state index is 6.04. The van der Waals surface area contributed by atoms with Crippen molar-refractivity contribution in [1.82, 2.24) is 15.3 Å². The number of benzene rings is 1. The first kappa shape index (κ1) is 17.4. The topological polar surface area (TPSA) is 81.4 Å². The summed E-state index contributed by atoms with van der Waals surface area (Å²) in [6, 6.07) is 16.1. The van der Waals surface area contributed by atoms with Crippen LogP contribution in [0.4, 0.5) is 5.95 Å². The van der Waals surface area contributed by atoms with Crippen molar-refractivity contribution in [2.75, 3.05) is 18.5 Å². The van der Waals surface area contributed by atoms with Crippen molar-refractivity contribution in [2.24, 2.45) is 0 Å². The first-order valence-corrected chi connectivity index (χ1v) is 9.51. The molecule has 0 saturated carbocycles. The van der Waals surface area contributed by atoms with Crippen molar-refractivity contribution in [3.8, 4) is 11.5 Å². The van der Waals surface area contributed by atoms with Gasteiger partial charge in [0.25, 0.3) is 0 Å². The second kappa shape index (κ2) is 7.71. The van der Waals surface area contributed by atoms with Gasteiger partial charge in [0.15, 0.2) is 5.76 Å². The number of ether oxygens (including phenoxy) is 2. The molecule has 2 aliphatic heterocycles. The van der Waals surface area contributed by atoms with Gasteiger partial charge in [0.05, 0.1) is 31.6 Å². The Hall–Kier alpha value is -2.74. The first-order valence-electron chi connectivity index (χ1n) is 9.51. The van der Waals surface area contributed by atoms with Crippen molar-refractivity contribution in [3.63, 3.8) is 0 Å². The molecule has 2 fully saturated rings. The lowest BCUT2D eigenvalue weighted by Crippen LogP contribution is -2.41. The summed E-state index contributed by atoms with van der Waals surface area (Å²) in [5.41, 5.74) is 1.99. The number of nitrogens with zero attached hydrogens (tertiary/aromatic N) is 2. The fourth-order valence-electron chi connectivity index (χ4n) is 3.80. The standard InChI is InChI=1S/C21H22N4O3/c1-2-5-14(6-3-1)11-23-16-12-27-20-17(13-28-19(16)20)25-21-22-9-8-15(24-21)18-7-4-10-26-18/h1-10,16-17,19-20,23H,11-13H2,(H,22,24,25). The van der Waals surface area contributed by atoms with Crippen LogP contribution in [0.25, 0.3) is 11.5 Å². The van der Waals surface area contributed by atoms with E-state index in [-0.39, 0.29) is 24.3 Å². The molecule has 4 atom stereocenters. The normalized spacial score (nSPS) is 26.3. The smallest absolute Gasteiger partial charge is 0.223 e. The molecule has 28 heavy (non-hydrogen) atoms. The van der Waals surface area contributed by atoms with Crippen molar-refractivity contribution in [1.29, 1.82) is 0 Å². The Bertz CT molecular complexity index is 903. The van der Waals surface area contributed by atoms with Gasteiger partial charge >= 0.3 is 0 Å². The van der Waals surface area contributed by atoms with Gasteiger partial charge in [-0.05, 0) is 23.8 Å². The highest BCUT2D eigenvalue weighted by Gasteiger charge is 2.47. The van der Waals surface area contributed by atoms with Crippen LogP contribution >= 0.6 is 0 Å². The second-order valence-corrected chi connectivity index (χ2v) is 7.06. The number of fused-ring (bicyclic) bond motifs is 1. The highest BCUT2D eigenvalue weighted by molar-refractivity contribution is 5.53. The van der Waals surface area contributed by atoms with E-state index in [2.05, 4.69) is 32.7 Å². The van der Waals surface area contributed by atoms with Crippen LogP contribution in [0.5, 0.6) is 0 Å². The lowest BCUT2D eigenvalue weighted by molar-refractivity contribution is 0.0675. The van der Waals surface area contributed by atoms with Gasteiger partial charge in [-0.2, -0.15) is 0 Å². The Morgan fingerprint density at radius 3 is 2.57 bits per heavy atom. The predicted molar refractivity (Wildman–Crippen MR) is 104 cm³/mol. The van der Waals surface area contributed by atoms with Crippen LogP contribution in [0.15, 0.2) is 65.4 Å². The van der Waals surface area contributed by atoms with Gasteiger partial charge in [-0.15, -0.1) is 0 Å². The number of nitrogens with one attached hydrogen (secondary N) is 2. The van der Waals surface area contributed by atoms with E-state index in [1.54, 1.807) is 12.5 Å². The minimum absolute atomic E-state index is 0.0142. The summed E-state index contributed by atoms with van der Waals surface area (Å²) < 4.78 is 17.5. The average Bonchev–Trinajstić information content (AvgIpc) is 3.47. The van der Waals surface area contributed by atoms with E-state index in [1.807, 2.05) is 36.4 Å². The summed E-state index contributed by atoms with van der Waals surface area (Å²) in [7, 11) is 0. The maximum Gasteiger partial charge on any atom is 0.223 e. The van der Waals surface area contributed by atoms with Crippen LogP contribution in [-0.4, -0.2) is 47.5 Å². The molecule has 144 valence electrons. The molecule has 0 bridgehead atoms. The van der Waals surface area contributed by atoms with Gasteiger partial charge in [-0.25, -0.2) is 9.97 Å². The fourth-order valence-corrected chi connectivity index (χ4v) is 3.80. The molecule has 3 aromatic rings. The highest BCUT2D eigenvalue weighted by Crippen LogP contribution is 2.29. The summed E-state index contributed by atoms with van der Waals surface area (Å²) in [6.45, 7) is 1.99. The SMILES string of the molecule is c1ccc(CNC2COC3C(Nc4nccc(-c5ccco5)n4)COC23)cc1. The van der Waals surface area contributed by atoms with Gasteiger partial charge in [0.1, 0.15) is 17.9 Å². The monoisotopic (exact) mass is 378 g/mol. The quantitative estimate of drug-likeness (QED) is 0.682. The van der Waals surface area contributed by atoms with Crippen molar-refractivity contribution in [2.45, 2.75) is 30.8 Å². The number of aromatic nitrogens is 2. The molecule has 0 radical (unpaired) electrons. The van der Waals surface area contributed by atoms with Gasteiger partial charge in [-0.1, -0.05) is 30.3 Å². The minimum atomic E-state index is -0.0239. The molecule has 7 nitrogen and oxygen atoms in total. The summed E-state index contributed by atoms with van der Waals surface area (Å²) in [5.74, 6) is 1.26. The molecule has 7 heteroatoms. The van der Waals surface area contributed by atoms with Crippen LogP contribution in [0.3, 0.4) is 0 Å². The second-order valence-electron chi connectivity index (χ2n) is 7.06. The Kier molecular flexibility index (Phi) is 4.78. The van der Waals surface area contributed by atoms with Crippen molar-refractivity contribution < 1.29 is 13.9 Å². The Labute approximate surface area is 163 Å². The maximum atomic E-state index is 6.04. The first-order chi connectivity index (χ1) is 13.9. The molecule has 2 N–H and O–H groups in total. The van der Waals surface area contributed by atoms with E-state index in [9.17, 15) is 0 Å². The molecule has 0 spiro atoms. The highest BCUT2D eigenvalue weighted by atomic mass is 16.6. The minimum Gasteiger partial charge on any atom is -0.463 e. The molecule has 2 saturated heterocycles. The van der Waals surface area contributed by atoms with E-state index < -0.39 is 0 Å². The Morgan fingerprint density at radius 1 is 0.929 bits per heavy atom. The van der Waals surface area contributed by atoms with Crippen LogP contribution in [0, 0.1) is 0 Å². The van der Waals surface area contributed by atoms with Gasteiger partial charge in [0, 0.05) is 12.7 Å². The molecular weight excluding hydrogens is 356 g/mol. The van der Waals surface area contributed by atoms with Gasteiger partial charge < -0.3 is 24.5 Å². The Morgan fingerprint density at radius 2 is 1.75 bits per heavy atom. The molecule has 2 aromatic heterocycles. The molecule has 4 heterocycles. The molecular formula is C21H22N4O3. The van der Waals surface area contributed by atoms with E-state index in [1.165, 1.54) is 5.56 Å². The zero-order valence-corrected chi connectivity index (χ0v) is 15.3. The number of hydrogen-bond acceptors (Lipinski definition) is 7. The average molecular weight is 378 g/mol. The number of rotatable bonds is 6. The van der Waals surface area contributed by atoms with Crippen molar-refractivity contribution in [3.05, 3.63) is 66.6 Å². The predicted octanol–water partition coefficient (Wildman–Crippen LogP) is 2.47. The van der Waals surface area contributed by atoms with Crippen LogP contribution in [0.2, 0.25) is 0 Å². The van der Waals surface area contributed by atoms with Crippen LogP contribution in [0.1, 0.15) is 5.56 Å². The summed E-state index contributed by atoms with van der Waals surface area (Å²) >= 11 is 0. The molecule has 4 unspecified atom stereocenters. The third-order valence-corrected chi connectivity index (χ3v) is 5.21. The molecule has 5 rings (SSSR count). The lowest BCUT2D eigenvalue weighted by atomic mass is 10.1. The zero-order chi connectivity index (χ0) is 18.8. The summed E-state index contributed by atoms with van der Waals surface area (Å²) in [4.78, 5) is 8.88. The fraction of sp³-hybridized carbons (Fsp3) is 0.333. The number of hydrogen-bond donors (Lipinski definition) is 2. The molecule has 0 aliphatic carbocycles. The van der Waals surface area contributed by atoms with Crippen LogP contribution < -0.4 is 10.6 Å². The van der Waals surface area contributed by atoms with E-state index >= 15 is 0 Å². The van der Waals surface area contributed by atoms with E-state index in [0.717, 1.165) is 12.2 Å². The summed E-state index contributed by atoms with van der Waals surface area (Å²) in [6.07, 6.45) is 3.35. The number of anilines is 1. The third kappa shape index (κ3) is 3.52. The largest absolute Gasteiger partial charge is 0.463 e. The summed E-state index contributed by atoms with van der Waals surface area (Å²) in [5, 5.41) is 6.93. The van der Waals surface area contributed by atoms with Crippen LogP contribution in [-0.2, 0) is 16.0 Å². The Balaban J connectivity index is 1.21. The van der Waals surface area contributed by atoms with Gasteiger partial charge in [-0.3, -0.25) is 0 Å². The van der Waals surface area contributed by atoms with Crippen molar-refractivity contribution >= 4 is 5.95 Å². The zero-order valence-electron chi connectivity index (χ0n) is 15.3. The van der Waals surface area contributed by atoms with Gasteiger partial charge in [0.2, 0.25) is 5.95 Å². The van der Waals surface area contributed by atoms with E-state index in [4.69, 9.17) is 13.9 Å². The lowest BCUT2D eigenvalue weighted by Gasteiger charge is -2.18. The molecule has 2 aliphatic rings. The molecule has 0 amide bonds. The third-order valence-electron chi connectivity index (χ3n) is 5.21. The number of furan rings is 1.